The third kappa shape index (κ3) is 4.69. The van der Waals surface area contributed by atoms with Crippen LogP contribution in [-0.4, -0.2) is 30.0 Å². The van der Waals surface area contributed by atoms with E-state index in [9.17, 15) is 4.79 Å². The van der Waals surface area contributed by atoms with Crippen molar-refractivity contribution in [2.45, 2.75) is 70.3 Å². The van der Waals surface area contributed by atoms with Gasteiger partial charge in [0.05, 0.1) is 0 Å². The number of carbonyl (C=O) groups excluding carboxylic acids is 1. The zero-order valence-corrected chi connectivity index (χ0v) is 14.1. The van der Waals surface area contributed by atoms with Gasteiger partial charge in [0.2, 0.25) is 0 Å². The van der Waals surface area contributed by atoms with Crippen molar-refractivity contribution in [1.29, 1.82) is 0 Å². The van der Waals surface area contributed by atoms with Gasteiger partial charge in [-0.3, -0.25) is 9.78 Å². The predicted octanol–water partition coefficient (Wildman–Crippen LogP) is 3.91. The number of rotatable bonds is 3. The van der Waals surface area contributed by atoms with Crippen molar-refractivity contribution in [1.82, 2.24) is 10.3 Å². The minimum absolute atomic E-state index is 0.00595. The zero-order chi connectivity index (χ0) is 15.9. The van der Waals surface area contributed by atoms with Crippen molar-refractivity contribution in [3.8, 4) is 0 Å². The highest BCUT2D eigenvalue weighted by molar-refractivity contribution is 5.93. The lowest BCUT2D eigenvalue weighted by molar-refractivity contribution is 0.0928. The van der Waals surface area contributed by atoms with Gasteiger partial charge in [-0.25, -0.2) is 0 Å². The molecule has 1 saturated carbocycles. The Balaban J connectivity index is 1.64. The Kier molecular flexibility index (Phi) is 5.89. The number of hydrogen-bond acceptors (Lipinski definition) is 3. The third-order valence-corrected chi connectivity index (χ3v) is 5.14. The van der Waals surface area contributed by atoms with Crippen molar-refractivity contribution in [3.05, 3.63) is 24.0 Å². The molecule has 4 heteroatoms. The number of hydrogen-bond donors (Lipinski definition) is 1. The van der Waals surface area contributed by atoms with E-state index in [1.54, 1.807) is 6.20 Å². The summed E-state index contributed by atoms with van der Waals surface area (Å²) >= 11 is 0. The molecular formula is C19H29N3O. The van der Waals surface area contributed by atoms with Crippen LogP contribution in [0, 0.1) is 0 Å². The number of pyridine rings is 1. The number of carbonyl (C=O) groups is 1. The van der Waals surface area contributed by atoms with Crippen molar-refractivity contribution >= 4 is 11.6 Å². The van der Waals surface area contributed by atoms with Crippen molar-refractivity contribution in [2.24, 2.45) is 0 Å². The first-order valence-corrected chi connectivity index (χ1v) is 9.35. The van der Waals surface area contributed by atoms with E-state index in [1.807, 2.05) is 12.1 Å². The Labute approximate surface area is 139 Å². The van der Waals surface area contributed by atoms with E-state index in [1.165, 1.54) is 51.4 Å². The molecule has 0 aromatic carbocycles. The summed E-state index contributed by atoms with van der Waals surface area (Å²) < 4.78 is 0. The molecular weight excluding hydrogens is 286 g/mol. The highest BCUT2D eigenvalue weighted by Gasteiger charge is 2.18. The fraction of sp³-hybridized carbons (Fsp3) is 0.684. The van der Waals surface area contributed by atoms with Gasteiger partial charge in [0, 0.05) is 31.0 Å². The topological polar surface area (TPSA) is 45.2 Å². The molecule has 0 spiro atoms. The monoisotopic (exact) mass is 315 g/mol. The van der Waals surface area contributed by atoms with Crippen LogP contribution in [0.1, 0.15) is 74.7 Å². The molecule has 23 heavy (non-hydrogen) atoms. The molecule has 2 aliphatic rings. The van der Waals surface area contributed by atoms with Crippen LogP contribution in [0.15, 0.2) is 18.3 Å². The van der Waals surface area contributed by atoms with E-state index in [-0.39, 0.29) is 5.91 Å². The Morgan fingerprint density at radius 3 is 2.35 bits per heavy atom. The highest BCUT2D eigenvalue weighted by atomic mass is 16.1. The first kappa shape index (κ1) is 16.3. The smallest absolute Gasteiger partial charge is 0.270 e. The first-order valence-electron chi connectivity index (χ1n) is 9.35. The van der Waals surface area contributed by atoms with E-state index in [0.717, 1.165) is 31.6 Å². The molecule has 0 atom stereocenters. The molecule has 3 rings (SSSR count). The van der Waals surface area contributed by atoms with E-state index >= 15 is 0 Å². The van der Waals surface area contributed by atoms with Crippen LogP contribution in [0.3, 0.4) is 0 Å². The summed E-state index contributed by atoms with van der Waals surface area (Å²) in [5.74, 6) is -0.00595. The molecule has 1 aromatic rings. The summed E-state index contributed by atoms with van der Waals surface area (Å²) in [6.07, 6.45) is 14.2. The van der Waals surface area contributed by atoms with Crippen LogP contribution < -0.4 is 10.2 Å². The average molecular weight is 315 g/mol. The Hall–Kier alpha value is -1.58. The fourth-order valence-corrected chi connectivity index (χ4v) is 3.75. The van der Waals surface area contributed by atoms with Crippen LogP contribution in [-0.2, 0) is 0 Å². The maximum absolute atomic E-state index is 12.5. The molecule has 1 aromatic heterocycles. The summed E-state index contributed by atoms with van der Waals surface area (Å²) in [7, 11) is 0. The van der Waals surface area contributed by atoms with Gasteiger partial charge in [-0.2, -0.15) is 0 Å². The number of anilines is 1. The van der Waals surface area contributed by atoms with E-state index in [0.29, 0.717) is 11.7 Å². The molecule has 1 saturated heterocycles. The van der Waals surface area contributed by atoms with Gasteiger partial charge >= 0.3 is 0 Å². The lowest BCUT2D eigenvalue weighted by Crippen LogP contribution is -2.35. The third-order valence-electron chi connectivity index (χ3n) is 5.14. The van der Waals surface area contributed by atoms with E-state index in [4.69, 9.17) is 0 Å². The zero-order valence-electron chi connectivity index (χ0n) is 14.1. The molecule has 0 radical (unpaired) electrons. The van der Waals surface area contributed by atoms with Gasteiger partial charge in [-0.05, 0) is 37.8 Å². The molecule has 1 aliphatic carbocycles. The second-order valence-corrected chi connectivity index (χ2v) is 6.96. The lowest BCUT2D eigenvalue weighted by Gasteiger charge is -2.23. The normalized spacial score (nSPS) is 20.6. The molecule has 1 amide bonds. The molecule has 1 aliphatic heterocycles. The molecule has 0 unspecified atom stereocenters. The van der Waals surface area contributed by atoms with Crippen LogP contribution in [0.4, 0.5) is 5.69 Å². The van der Waals surface area contributed by atoms with Crippen LogP contribution in [0.25, 0.3) is 0 Å². The Morgan fingerprint density at radius 2 is 1.65 bits per heavy atom. The van der Waals surface area contributed by atoms with Gasteiger partial charge in [0.25, 0.3) is 5.91 Å². The van der Waals surface area contributed by atoms with Crippen LogP contribution >= 0.6 is 0 Å². The molecule has 126 valence electrons. The van der Waals surface area contributed by atoms with Crippen LogP contribution in [0.5, 0.6) is 0 Å². The van der Waals surface area contributed by atoms with Gasteiger partial charge in [0.15, 0.2) is 0 Å². The Bertz CT molecular complexity index is 501. The fourth-order valence-electron chi connectivity index (χ4n) is 3.75. The SMILES string of the molecule is O=C(NC1CCCCCC1)c1cc(N2CCCCCC2)ccn1. The molecule has 0 bridgehead atoms. The largest absolute Gasteiger partial charge is 0.371 e. The maximum atomic E-state index is 12.5. The van der Waals surface area contributed by atoms with Gasteiger partial charge in [-0.15, -0.1) is 0 Å². The highest BCUT2D eigenvalue weighted by Crippen LogP contribution is 2.21. The lowest BCUT2D eigenvalue weighted by atomic mass is 10.1. The minimum atomic E-state index is -0.00595. The summed E-state index contributed by atoms with van der Waals surface area (Å²) in [6, 6.07) is 4.33. The summed E-state index contributed by atoms with van der Waals surface area (Å²) in [5, 5.41) is 3.20. The van der Waals surface area contributed by atoms with Crippen molar-refractivity contribution < 1.29 is 4.79 Å². The number of nitrogens with one attached hydrogen (secondary N) is 1. The van der Waals surface area contributed by atoms with Gasteiger partial charge in [-0.1, -0.05) is 38.5 Å². The van der Waals surface area contributed by atoms with Gasteiger partial charge in [0.1, 0.15) is 5.69 Å². The number of amides is 1. The van der Waals surface area contributed by atoms with E-state index in [2.05, 4.69) is 15.2 Å². The molecule has 1 N–H and O–H groups in total. The van der Waals surface area contributed by atoms with Crippen molar-refractivity contribution in [3.63, 3.8) is 0 Å². The summed E-state index contributed by atoms with van der Waals surface area (Å²) in [4.78, 5) is 19.2. The van der Waals surface area contributed by atoms with Crippen molar-refractivity contribution in [2.75, 3.05) is 18.0 Å². The maximum Gasteiger partial charge on any atom is 0.270 e. The number of aromatic nitrogens is 1. The molecule has 4 nitrogen and oxygen atoms in total. The quantitative estimate of drug-likeness (QED) is 0.860. The van der Waals surface area contributed by atoms with Gasteiger partial charge < -0.3 is 10.2 Å². The molecule has 2 fully saturated rings. The average Bonchev–Trinajstić information content (AvgIpc) is 3.00. The summed E-state index contributed by atoms with van der Waals surface area (Å²) in [6.45, 7) is 2.18. The first-order chi connectivity index (χ1) is 11.3. The molecule has 2 heterocycles. The predicted molar refractivity (Wildman–Crippen MR) is 93.9 cm³/mol. The minimum Gasteiger partial charge on any atom is -0.371 e. The second kappa shape index (κ2) is 8.32. The van der Waals surface area contributed by atoms with Crippen LogP contribution in [0.2, 0.25) is 0 Å². The number of nitrogens with zero attached hydrogens (tertiary/aromatic N) is 2. The Morgan fingerprint density at radius 1 is 1.00 bits per heavy atom. The summed E-state index contributed by atoms with van der Waals surface area (Å²) in [5.41, 5.74) is 1.71. The van der Waals surface area contributed by atoms with E-state index < -0.39 is 0 Å². The second-order valence-electron chi connectivity index (χ2n) is 6.96. The standard InChI is InChI=1S/C19H29N3O/c23-19(21-16-9-5-1-2-6-10-16)18-15-17(11-12-20-18)22-13-7-3-4-8-14-22/h11-12,15-16H,1-10,13-14H2,(H,21,23).